The molecule has 1 saturated carbocycles. The minimum absolute atomic E-state index is 0.0355. The summed E-state index contributed by atoms with van der Waals surface area (Å²) in [5.74, 6) is -0.0716. The van der Waals surface area contributed by atoms with Gasteiger partial charge in [0.05, 0.1) is 11.4 Å². The quantitative estimate of drug-likeness (QED) is 0.845. The minimum atomic E-state index is -3.59. The number of amides is 1. The Balaban J connectivity index is 1.85. The topological polar surface area (TPSA) is 57.7 Å². The zero-order valence-electron chi connectivity index (χ0n) is 12.4. The van der Waals surface area contributed by atoms with E-state index < -0.39 is 10.0 Å². The van der Waals surface area contributed by atoms with Crippen molar-refractivity contribution < 1.29 is 13.2 Å². The van der Waals surface area contributed by atoms with Crippen molar-refractivity contribution in [2.45, 2.75) is 37.6 Å². The van der Waals surface area contributed by atoms with Crippen molar-refractivity contribution in [3.8, 4) is 0 Å². The van der Waals surface area contributed by atoms with Crippen molar-refractivity contribution in [1.29, 1.82) is 0 Å². The Kier molecular flexibility index (Phi) is 3.53. The average Bonchev–Trinajstić information content (AvgIpc) is 3.25. The lowest BCUT2D eigenvalue weighted by molar-refractivity contribution is -0.134. The highest BCUT2D eigenvalue weighted by Gasteiger charge is 2.39. The molecule has 2 fully saturated rings. The molecular weight excluding hydrogens is 288 g/mol. The van der Waals surface area contributed by atoms with Gasteiger partial charge in [0, 0.05) is 19.1 Å². The molecule has 2 aliphatic rings. The van der Waals surface area contributed by atoms with E-state index in [0.29, 0.717) is 24.0 Å². The summed E-state index contributed by atoms with van der Waals surface area (Å²) in [4.78, 5) is 14.3. The first kappa shape index (κ1) is 14.5. The number of benzene rings is 1. The molecule has 21 heavy (non-hydrogen) atoms. The van der Waals surface area contributed by atoms with Gasteiger partial charge in [0.15, 0.2) is 0 Å². The van der Waals surface area contributed by atoms with Gasteiger partial charge in [0.1, 0.15) is 0 Å². The Labute approximate surface area is 125 Å². The third-order valence-electron chi connectivity index (χ3n) is 4.17. The predicted molar refractivity (Wildman–Crippen MR) is 79.4 cm³/mol. The third kappa shape index (κ3) is 2.70. The molecule has 1 aliphatic carbocycles. The first-order valence-corrected chi connectivity index (χ1v) is 8.70. The summed E-state index contributed by atoms with van der Waals surface area (Å²) >= 11 is 0. The summed E-state index contributed by atoms with van der Waals surface area (Å²) in [6, 6.07) is 5.74. The molecule has 5 nitrogen and oxygen atoms in total. The van der Waals surface area contributed by atoms with Crippen LogP contribution in [-0.2, 0) is 14.8 Å². The molecule has 0 N–H and O–H groups in total. The van der Waals surface area contributed by atoms with E-state index in [1.54, 1.807) is 13.0 Å². The Bertz CT molecular complexity index is 680. The maximum absolute atomic E-state index is 12.8. The van der Waals surface area contributed by atoms with Gasteiger partial charge in [-0.1, -0.05) is 12.1 Å². The predicted octanol–water partition coefficient (Wildman–Crippen LogP) is 1.30. The summed E-state index contributed by atoms with van der Waals surface area (Å²) in [7, 11) is -3.59. The van der Waals surface area contributed by atoms with Crippen LogP contribution in [0.3, 0.4) is 0 Å². The molecule has 0 bridgehead atoms. The van der Waals surface area contributed by atoms with Gasteiger partial charge in [-0.25, -0.2) is 8.42 Å². The van der Waals surface area contributed by atoms with Gasteiger partial charge in [-0.3, -0.25) is 4.79 Å². The Morgan fingerprint density at radius 3 is 2.48 bits per heavy atom. The van der Waals surface area contributed by atoms with Crippen molar-refractivity contribution in [3.05, 3.63) is 29.3 Å². The molecule has 0 aromatic heterocycles. The SMILES string of the molecule is Cc1ccc(C)c(S(=O)(=O)N2CCN(C3CC3)C(=O)C2)c1. The summed E-state index contributed by atoms with van der Waals surface area (Å²) < 4.78 is 26.8. The highest BCUT2D eigenvalue weighted by atomic mass is 32.2. The van der Waals surface area contributed by atoms with Gasteiger partial charge in [-0.15, -0.1) is 0 Å². The molecule has 0 radical (unpaired) electrons. The van der Waals surface area contributed by atoms with Crippen molar-refractivity contribution >= 4 is 15.9 Å². The second kappa shape index (κ2) is 5.10. The maximum atomic E-state index is 12.8. The van der Waals surface area contributed by atoms with E-state index in [4.69, 9.17) is 0 Å². The Morgan fingerprint density at radius 1 is 1.14 bits per heavy atom. The van der Waals surface area contributed by atoms with E-state index in [9.17, 15) is 13.2 Å². The van der Waals surface area contributed by atoms with Crippen LogP contribution in [0.15, 0.2) is 23.1 Å². The second-order valence-corrected chi connectivity index (χ2v) is 7.83. The molecule has 6 heteroatoms. The molecule has 114 valence electrons. The molecule has 1 aromatic carbocycles. The van der Waals surface area contributed by atoms with Crippen LogP contribution in [0.4, 0.5) is 0 Å². The van der Waals surface area contributed by atoms with Crippen LogP contribution >= 0.6 is 0 Å². The fraction of sp³-hybridized carbons (Fsp3) is 0.533. The van der Waals surface area contributed by atoms with Crippen LogP contribution in [0, 0.1) is 13.8 Å². The number of rotatable bonds is 3. The lowest BCUT2D eigenvalue weighted by Crippen LogP contribution is -2.52. The number of carbonyl (C=O) groups excluding carboxylic acids is 1. The molecule has 1 aromatic rings. The van der Waals surface area contributed by atoms with Crippen LogP contribution < -0.4 is 0 Å². The van der Waals surface area contributed by atoms with E-state index in [1.165, 1.54) is 4.31 Å². The van der Waals surface area contributed by atoms with Crippen LogP contribution in [0.25, 0.3) is 0 Å². The van der Waals surface area contributed by atoms with Crippen LogP contribution in [0.1, 0.15) is 24.0 Å². The maximum Gasteiger partial charge on any atom is 0.243 e. The van der Waals surface area contributed by atoms with Gasteiger partial charge in [-0.05, 0) is 43.9 Å². The van der Waals surface area contributed by atoms with Crippen molar-refractivity contribution in [2.75, 3.05) is 19.6 Å². The first-order valence-electron chi connectivity index (χ1n) is 7.26. The fourth-order valence-corrected chi connectivity index (χ4v) is 4.46. The van der Waals surface area contributed by atoms with Gasteiger partial charge >= 0.3 is 0 Å². The Hall–Kier alpha value is -1.40. The van der Waals surface area contributed by atoms with Crippen LogP contribution in [0.5, 0.6) is 0 Å². The number of sulfonamides is 1. The standard InChI is InChI=1S/C15H20N2O3S/c1-11-3-4-12(2)14(9-11)21(19,20)16-7-8-17(13-5-6-13)15(18)10-16/h3-4,9,13H,5-8,10H2,1-2H3. The zero-order valence-corrected chi connectivity index (χ0v) is 13.2. The monoisotopic (exact) mass is 308 g/mol. The molecule has 0 unspecified atom stereocenters. The van der Waals surface area contributed by atoms with E-state index in [0.717, 1.165) is 24.0 Å². The lowest BCUT2D eigenvalue weighted by Gasteiger charge is -2.34. The third-order valence-corrected chi connectivity index (χ3v) is 6.16. The first-order chi connectivity index (χ1) is 9.89. The van der Waals surface area contributed by atoms with E-state index in [-0.39, 0.29) is 12.5 Å². The highest BCUT2D eigenvalue weighted by Crippen LogP contribution is 2.29. The molecule has 0 atom stereocenters. The van der Waals surface area contributed by atoms with Gasteiger partial charge in [-0.2, -0.15) is 4.31 Å². The molecule has 1 aliphatic heterocycles. The van der Waals surface area contributed by atoms with E-state index in [1.807, 2.05) is 24.0 Å². The molecular formula is C15H20N2O3S. The summed E-state index contributed by atoms with van der Waals surface area (Å²) in [6.45, 7) is 4.51. The lowest BCUT2D eigenvalue weighted by atomic mass is 10.2. The number of aryl methyl sites for hydroxylation is 2. The van der Waals surface area contributed by atoms with E-state index >= 15 is 0 Å². The smallest absolute Gasteiger partial charge is 0.243 e. The number of hydrogen-bond acceptors (Lipinski definition) is 3. The highest BCUT2D eigenvalue weighted by molar-refractivity contribution is 7.89. The second-order valence-electron chi connectivity index (χ2n) is 5.93. The van der Waals surface area contributed by atoms with E-state index in [2.05, 4.69) is 0 Å². The summed E-state index contributed by atoms with van der Waals surface area (Å²) in [5.41, 5.74) is 1.62. The number of nitrogens with zero attached hydrogens (tertiary/aromatic N) is 2. The van der Waals surface area contributed by atoms with Crippen LogP contribution in [-0.4, -0.2) is 49.2 Å². The van der Waals surface area contributed by atoms with Gasteiger partial charge in [0.2, 0.25) is 15.9 Å². The number of hydrogen-bond donors (Lipinski definition) is 0. The van der Waals surface area contributed by atoms with Crippen molar-refractivity contribution in [2.24, 2.45) is 0 Å². The van der Waals surface area contributed by atoms with Crippen LogP contribution in [0.2, 0.25) is 0 Å². The molecule has 1 saturated heterocycles. The van der Waals surface area contributed by atoms with Crippen molar-refractivity contribution in [1.82, 2.24) is 9.21 Å². The van der Waals surface area contributed by atoms with Gasteiger partial charge < -0.3 is 4.90 Å². The van der Waals surface area contributed by atoms with Crippen molar-refractivity contribution in [3.63, 3.8) is 0 Å². The number of piperazine rings is 1. The zero-order chi connectivity index (χ0) is 15.2. The summed E-state index contributed by atoms with van der Waals surface area (Å²) in [6.07, 6.45) is 2.10. The molecule has 1 amide bonds. The summed E-state index contributed by atoms with van der Waals surface area (Å²) in [5, 5.41) is 0. The largest absolute Gasteiger partial charge is 0.337 e. The molecule has 1 heterocycles. The molecule has 0 spiro atoms. The normalized spacial score (nSPS) is 20.9. The van der Waals surface area contributed by atoms with Gasteiger partial charge in [0.25, 0.3) is 0 Å². The minimum Gasteiger partial charge on any atom is -0.337 e. The fourth-order valence-electron chi connectivity index (χ4n) is 2.77. The number of carbonyl (C=O) groups is 1. The average molecular weight is 308 g/mol. The Morgan fingerprint density at radius 2 is 1.86 bits per heavy atom. The molecule has 3 rings (SSSR count).